The van der Waals surface area contributed by atoms with E-state index in [0.29, 0.717) is 0 Å². The van der Waals surface area contributed by atoms with Gasteiger partial charge >= 0.3 is 0 Å². The summed E-state index contributed by atoms with van der Waals surface area (Å²) in [5.74, 6) is 0.943. The Morgan fingerprint density at radius 1 is 0.447 bits per heavy atom. The van der Waals surface area contributed by atoms with E-state index in [2.05, 4.69) is 173 Å². The summed E-state index contributed by atoms with van der Waals surface area (Å²) in [6.07, 6.45) is 0.966. The molecule has 0 fully saturated rings. The third-order valence-corrected chi connectivity index (χ3v) is 9.78. The van der Waals surface area contributed by atoms with Crippen molar-refractivity contribution in [2.45, 2.75) is 6.42 Å². The molecule has 0 atom stereocenters. The summed E-state index contributed by atoms with van der Waals surface area (Å²) >= 11 is 0. The fourth-order valence-corrected chi connectivity index (χ4v) is 7.65. The Kier molecular flexibility index (Phi) is 5.64. The lowest BCUT2D eigenvalue weighted by molar-refractivity contribution is 1.10. The van der Waals surface area contributed by atoms with Crippen LogP contribution in [0, 0.1) is 0 Å². The highest BCUT2D eigenvalue weighted by Crippen LogP contribution is 2.45. The molecule has 1 aliphatic carbocycles. The van der Waals surface area contributed by atoms with E-state index in [1.165, 1.54) is 60.9 Å². The second-order valence-electron chi connectivity index (χ2n) is 12.4. The molecule has 0 amide bonds. The van der Waals surface area contributed by atoms with Crippen molar-refractivity contribution >= 4 is 32.8 Å². The predicted octanol–water partition coefficient (Wildman–Crippen LogP) is 11.0. The highest BCUT2D eigenvalue weighted by molar-refractivity contribution is 6.14. The van der Waals surface area contributed by atoms with Gasteiger partial charge in [0.25, 0.3) is 0 Å². The Morgan fingerprint density at radius 2 is 1.11 bits per heavy atom. The molecule has 9 aromatic rings. The van der Waals surface area contributed by atoms with Gasteiger partial charge in [-0.25, -0.2) is 4.98 Å². The Labute approximate surface area is 272 Å². The van der Waals surface area contributed by atoms with Gasteiger partial charge in [-0.15, -0.1) is 0 Å². The number of nitrogens with zero attached hydrogens (tertiary/aromatic N) is 3. The Bertz CT molecular complexity index is 2620. The second kappa shape index (κ2) is 10.2. The molecular weight excluding hydrogens is 571 g/mol. The average Bonchev–Trinajstić information content (AvgIpc) is 3.82. The highest BCUT2D eigenvalue weighted by Gasteiger charge is 2.24. The molecule has 10 rings (SSSR count). The maximum atomic E-state index is 5.08. The topological polar surface area (TPSA) is 22.8 Å². The molecule has 0 bridgehead atoms. The Hall–Kier alpha value is -6.19. The summed E-state index contributed by atoms with van der Waals surface area (Å²) in [5, 5.41) is 2.66. The first-order valence-corrected chi connectivity index (χ1v) is 16.2. The van der Waals surface area contributed by atoms with Crippen molar-refractivity contribution in [3.8, 4) is 45.0 Å². The van der Waals surface area contributed by atoms with Crippen molar-refractivity contribution in [1.82, 2.24) is 14.1 Å². The number of fused-ring (bicyclic) bond motifs is 8. The van der Waals surface area contributed by atoms with Crippen LogP contribution in [-0.4, -0.2) is 14.1 Å². The van der Waals surface area contributed by atoms with Crippen LogP contribution in [-0.2, 0) is 6.42 Å². The molecule has 3 heteroatoms. The Balaban J connectivity index is 1.13. The first-order valence-electron chi connectivity index (χ1n) is 16.2. The first-order chi connectivity index (χ1) is 23.3. The molecule has 0 saturated carbocycles. The lowest BCUT2D eigenvalue weighted by atomic mass is 9.99. The van der Waals surface area contributed by atoms with Crippen molar-refractivity contribution in [3.63, 3.8) is 0 Å². The van der Waals surface area contributed by atoms with E-state index in [4.69, 9.17) is 4.98 Å². The number of imidazole rings is 1. The SMILES string of the molecule is c1ccc(-n2c(-c3ccc(-c4ccc5c6c7c(ccc6n(-c6ccccc6)c5c4)-c4ccccc4C7)cc3)nc3ccccc32)cc1. The number of benzene rings is 7. The standard InChI is InChI=1S/C44H29N3/c1-3-12-33(13-4-1)46-41-26-25-36-35-16-8-7-11-32(35)27-38(36)43(41)37-24-23-31(28-42(37)46)29-19-21-30(22-20-29)44-45-39-17-9-10-18-40(39)47(44)34-14-5-2-6-15-34/h1-26,28H,27H2. The average molecular weight is 600 g/mol. The number of aromatic nitrogens is 3. The van der Waals surface area contributed by atoms with Gasteiger partial charge in [0.15, 0.2) is 0 Å². The van der Waals surface area contributed by atoms with Gasteiger partial charge in [0, 0.05) is 27.7 Å². The van der Waals surface area contributed by atoms with Crippen LogP contribution in [0.2, 0.25) is 0 Å². The van der Waals surface area contributed by atoms with Crippen molar-refractivity contribution in [2.75, 3.05) is 0 Å². The minimum atomic E-state index is 0.943. The monoisotopic (exact) mass is 599 g/mol. The van der Waals surface area contributed by atoms with Crippen LogP contribution in [0.3, 0.4) is 0 Å². The molecule has 3 nitrogen and oxygen atoms in total. The molecule has 1 aliphatic rings. The van der Waals surface area contributed by atoms with E-state index in [0.717, 1.165) is 34.5 Å². The van der Waals surface area contributed by atoms with Gasteiger partial charge in [0.2, 0.25) is 0 Å². The lowest BCUT2D eigenvalue weighted by Crippen LogP contribution is -1.97. The number of hydrogen-bond donors (Lipinski definition) is 0. The van der Waals surface area contributed by atoms with E-state index in [1.54, 1.807) is 0 Å². The zero-order chi connectivity index (χ0) is 30.9. The van der Waals surface area contributed by atoms with Crippen molar-refractivity contribution < 1.29 is 0 Å². The third kappa shape index (κ3) is 3.96. The summed E-state index contributed by atoms with van der Waals surface area (Å²) in [7, 11) is 0. The van der Waals surface area contributed by atoms with Gasteiger partial charge in [-0.3, -0.25) is 4.57 Å². The zero-order valence-corrected chi connectivity index (χ0v) is 25.6. The molecule has 2 heterocycles. The summed E-state index contributed by atoms with van der Waals surface area (Å²) in [5.41, 5.74) is 15.9. The molecule has 47 heavy (non-hydrogen) atoms. The minimum absolute atomic E-state index is 0.943. The summed E-state index contributed by atoms with van der Waals surface area (Å²) in [6, 6.07) is 58.9. The van der Waals surface area contributed by atoms with Crippen LogP contribution in [0.4, 0.5) is 0 Å². The summed E-state index contributed by atoms with van der Waals surface area (Å²) in [6.45, 7) is 0. The highest BCUT2D eigenvalue weighted by atomic mass is 15.1. The van der Waals surface area contributed by atoms with Gasteiger partial charge in [-0.05, 0) is 88.3 Å². The smallest absolute Gasteiger partial charge is 0.145 e. The summed E-state index contributed by atoms with van der Waals surface area (Å²) in [4.78, 5) is 5.08. The first kappa shape index (κ1) is 26.1. The van der Waals surface area contributed by atoms with E-state index in [9.17, 15) is 0 Å². The molecule has 2 aromatic heterocycles. The molecule has 0 N–H and O–H groups in total. The number of hydrogen-bond acceptors (Lipinski definition) is 1. The molecule has 0 spiro atoms. The third-order valence-electron chi connectivity index (χ3n) is 9.78. The van der Waals surface area contributed by atoms with Crippen molar-refractivity contribution in [2.24, 2.45) is 0 Å². The number of rotatable bonds is 4. The molecule has 220 valence electrons. The molecule has 7 aromatic carbocycles. The lowest BCUT2D eigenvalue weighted by Gasteiger charge is -2.11. The molecule has 0 unspecified atom stereocenters. The van der Waals surface area contributed by atoms with Crippen LogP contribution in [0.25, 0.3) is 77.9 Å². The van der Waals surface area contributed by atoms with E-state index < -0.39 is 0 Å². The molecule has 0 aliphatic heterocycles. The minimum Gasteiger partial charge on any atom is -0.309 e. The van der Waals surface area contributed by atoms with Gasteiger partial charge < -0.3 is 4.57 Å². The second-order valence-corrected chi connectivity index (χ2v) is 12.4. The zero-order valence-electron chi connectivity index (χ0n) is 25.6. The fourth-order valence-electron chi connectivity index (χ4n) is 7.65. The van der Waals surface area contributed by atoms with Crippen molar-refractivity contribution in [1.29, 1.82) is 0 Å². The number of para-hydroxylation sites is 4. The quantitative estimate of drug-likeness (QED) is 0.197. The van der Waals surface area contributed by atoms with Crippen LogP contribution < -0.4 is 0 Å². The van der Waals surface area contributed by atoms with Gasteiger partial charge in [0.05, 0.1) is 22.1 Å². The van der Waals surface area contributed by atoms with Crippen LogP contribution in [0.15, 0.2) is 164 Å². The molecule has 0 radical (unpaired) electrons. The normalized spacial score (nSPS) is 12.2. The maximum absolute atomic E-state index is 5.08. The molecule has 0 saturated heterocycles. The van der Waals surface area contributed by atoms with Crippen LogP contribution in [0.5, 0.6) is 0 Å². The van der Waals surface area contributed by atoms with Crippen LogP contribution >= 0.6 is 0 Å². The van der Waals surface area contributed by atoms with Crippen molar-refractivity contribution in [3.05, 3.63) is 175 Å². The summed E-state index contributed by atoms with van der Waals surface area (Å²) < 4.78 is 4.69. The largest absolute Gasteiger partial charge is 0.309 e. The van der Waals surface area contributed by atoms with E-state index >= 15 is 0 Å². The van der Waals surface area contributed by atoms with Gasteiger partial charge in [-0.2, -0.15) is 0 Å². The van der Waals surface area contributed by atoms with Crippen LogP contribution in [0.1, 0.15) is 11.1 Å². The fraction of sp³-hybridized carbons (Fsp3) is 0.0227. The predicted molar refractivity (Wildman–Crippen MR) is 195 cm³/mol. The maximum Gasteiger partial charge on any atom is 0.145 e. The van der Waals surface area contributed by atoms with Gasteiger partial charge in [0.1, 0.15) is 5.82 Å². The molecular formula is C44H29N3. The van der Waals surface area contributed by atoms with Gasteiger partial charge in [-0.1, -0.05) is 115 Å². The van der Waals surface area contributed by atoms with E-state index in [1.807, 2.05) is 0 Å². The Morgan fingerprint density at radius 3 is 1.91 bits per heavy atom. The van der Waals surface area contributed by atoms with E-state index in [-0.39, 0.29) is 0 Å².